The fourth-order valence-electron chi connectivity index (χ4n) is 3.94. The molecule has 2 aliphatic rings. The number of benzene rings is 1. The maximum Gasteiger partial charge on any atom is 0.255 e. The van der Waals surface area contributed by atoms with Crippen molar-refractivity contribution in [3.05, 3.63) is 29.8 Å². The Morgan fingerprint density at radius 1 is 1.21 bits per heavy atom. The van der Waals surface area contributed by atoms with E-state index in [-0.39, 0.29) is 18.6 Å². The van der Waals surface area contributed by atoms with Crippen LogP contribution in [0, 0.1) is 0 Å². The lowest BCUT2D eigenvalue weighted by atomic mass is 9.85. The van der Waals surface area contributed by atoms with E-state index in [1.54, 1.807) is 18.2 Å². The molecule has 1 saturated heterocycles. The molecule has 0 aromatic heterocycles. The highest BCUT2D eigenvalue weighted by molar-refractivity contribution is 7.88. The summed E-state index contributed by atoms with van der Waals surface area (Å²) >= 11 is 0. The van der Waals surface area contributed by atoms with Gasteiger partial charge in [0.05, 0.1) is 17.4 Å². The van der Waals surface area contributed by atoms with E-state index in [1.807, 2.05) is 6.07 Å². The van der Waals surface area contributed by atoms with E-state index in [9.17, 15) is 18.3 Å². The lowest BCUT2D eigenvalue weighted by Crippen LogP contribution is -2.44. The van der Waals surface area contributed by atoms with Gasteiger partial charge < -0.3 is 15.2 Å². The molecule has 7 nitrogen and oxygen atoms in total. The topological polar surface area (TPSA) is 95.9 Å². The Hall–Kier alpha value is -1.64. The number of amides is 1. The first-order valence-electron chi connectivity index (χ1n) is 9.98. The molecule has 1 aliphatic carbocycles. The molecule has 0 atom stereocenters. The minimum atomic E-state index is -3.18. The van der Waals surface area contributed by atoms with E-state index < -0.39 is 15.6 Å². The number of ether oxygens (including phenoxy) is 1. The van der Waals surface area contributed by atoms with E-state index >= 15 is 0 Å². The van der Waals surface area contributed by atoms with Gasteiger partial charge in [-0.25, -0.2) is 12.7 Å². The average Bonchev–Trinajstić information content (AvgIpc) is 2.67. The normalized spacial score (nSPS) is 21.2. The highest BCUT2D eigenvalue weighted by Crippen LogP contribution is 2.28. The van der Waals surface area contributed by atoms with Gasteiger partial charge in [-0.05, 0) is 37.8 Å². The number of carbonyl (C=O) groups is 1. The summed E-state index contributed by atoms with van der Waals surface area (Å²) in [4.78, 5) is 12.7. The lowest BCUT2D eigenvalue weighted by Gasteiger charge is -2.32. The van der Waals surface area contributed by atoms with E-state index in [0.29, 0.717) is 50.1 Å². The molecule has 8 heteroatoms. The Bertz CT molecular complexity index is 782. The van der Waals surface area contributed by atoms with Crippen LogP contribution < -0.4 is 10.1 Å². The molecule has 2 N–H and O–H groups in total. The number of nitrogens with one attached hydrogen (secondary N) is 1. The Morgan fingerprint density at radius 2 is 1.86 bits per heavy atom. The summed E-state index contributed by atoms with van der Waals surface area (Å²) in [5.41, 5.74) is -0.380. The van der Waals surface area contributed by atoms with Gasteiger partial charge in [-0.1, -0.05) is 31.4 Å². The Kier molecular flexibility index (Phi) is 6.62. The molecule has 3 rings (SSSR count). The van der Waals surface area contributed by atoms with Gasteiger partial charge in [-0.2, -0.15) is 0 Å². The molecule has 156 valence electrons. The van der Waals surface area contributed by atoms with Crippen molar-refractivity contribution in [1.82, 2.24) is 9.62 Å². The number of sulfonamides is 1. The van der Waals surface area contributed by atoms with Crippen molar-refractivity contribution < 1.29 is 23.1 Å². The van der Waals surface area contributed by atoms with Crippen LogP contribution in [0.2, 0.25) is 0 Å². The summed E-state index contributed by atoms with van der Waals surface area (Å²) in [5, 5.41) is 13.4. The van der Waals surface area contributed by atoms with Crippen LogP contribution in [0.25, 0.3) is 0 Å². The molecular formula is C20H30N2O5S. The van der Waals surface area contributed by atoms with Crippen LogP contribution >= 0.6 is 0 Å². The zero-order valence-corrected chi connectivity index (χ0v) is 17.2. The molecule has 1 heterocycles. The van der Waals surface area contributed by atoms with Crippen LogP contribution in [0.4, 0.5) is 0 Å². The summed E-state index contributed by atoms with van der Waals surface area (Å²) in [5.74, 6) is 0.233. The number of aliphatic hydroxyl groups is 1. The summed E-state index contributed by atoms with van der Waals surface area (Å²) in [6, 6.07) is 7.06. The van der Waals surface area contributed by atoms with E-state index in [4.69, 9.17) is 4.74 Å². The monoisotopic (exact) mass is 410 g/mol. The van der Waals surface area contributed by atoms with E-state index in [1.165, 1.54) is 10.6 Å². The maximum atomic E-state index is 12.7. The molecule has 0 radical (unpaired) electrons. The number of carbonyl (C=O) groups excluding carboxylic acids is 1. The highest BCUT2D eigenvalue weighted by atomic mass is 32.2. The molecule has 1 aromatic carbocycles. The molecule has 1 aromatic rings. The summed E-state index contributed by atoms with van der Waals surface area (Å²) in [6.07, 6.45) is 6.78. The van der Waals surface area contributed by atoms with Gasteiger partial charge in [0, 0.05) is 19.6 Å². The highest BCUT2D eigenvalue weighted by Gasteiger charge is 2.30. The second kappa shape index (κ2) is 8.80. The third-order valence-corrected chi connectivity index (χ3v) is 6.96. The van der Waals surface area contributed by atoms with Crippen LogP contribution in [0.1, 0.15) is 55.3 Å². The van der Waals surface area contributed by atoms with Crippen molar-refractivity contribution in [2.75, 3.05) is 25.9 Å². The van der Waals surface area contributed by atoms with E-state index in [2.05, 4.69) is 5.32 Å². The molecular weight excluding hydrogens is 380 g/mol. The quantitative estimate of drug-likeness (QED) is 0.747. The predicted molar refractivity (Wildman–Crippen MR) is 107 cm³/mol. The molecule has 1 amide bonds. The average molecular weight is 411 g/mol. The minimum Gasteiger partial charge on any atom is -0.489 e. The lowest BCUT2D eigenvalue weighted by molar-refractivity contribution is 0.00519. The zero-order chi connectivity index (χ0) is 20.2. The summed E-state index contributed by atoms with van der Waals surface area (Å²) in [6.45, 7) is 1.09. The van der Waals surface area contributed by atoms with Gasteiger partial charge in [0.15, 0.2) is 0 Å². The van der Waals surface area contributed by atoms with Crippen LogP contribution in [-0.4, -0.2) is 61.3 Å². The summed E-state index contributed by atoms with van der Waals surface area (Å²) < 4.78 is 30.8. The van der Waals surface area contributed by atoms with Crippen LogP contribution in [-0.2, 0) is 10.0 Å². The molecule has 0 unspecified atom stereocenters. The third-order valence-electron chi connectivity index (χ3n) is 5.66. The maximum absolute atomic E-state index is 12.7. The van der Waals surface area contributed by atoms with Crippen LogP contribution in [0.15, 0.2) is 24.3 Å². The fourth-order valence-corrected chi connectivity index (χ4v) is 4.82. The van der Waals surface area contributed by atoms with Gasteiger partial charge in [-0.15, -0.1) is 0 Å². The van der Waals surface area contributed by atoms with Crippen molar-refractivity contribution >= 4 is 15.9 Å². The number of rotatable bonds is 6. The zero-order valence-electron chi connectivity index (χ0n) is 16.4. The minimum absolute atomic E-state index is 0.130. The van der Waals surface area contributed by atoms with Gasteiger partial charge in [0.2, 0.25) is 10.0 Å². The van der Waals surface area contributed by atoms with Crippen LogP contribution in [0.3, 0.4) is 0 Å². The first-order chi connectivity index (χ1) is 13.3. The first kappa shape index (κ1) is 21.1. The van der Waals surface area contributed by atoms with Crippen molar-refractivity contribution in [3.8, 4) is 5.75 Å². The second-order valence-electron chi connectivity index (χ2n) is 7.94. The smallest absolute Gasteiger partial charge is 0.255 e. The van der Waals surface area contributed by atoms with Crippen molar-refractivity contribution in [3.63, 3.8) is 0 Å². The SMILES string of the molecule is CS(=O)(=O)N1CCC(Oc2ccccc2C(=O)NCC2(O)CCCCC2)CC1. The van der Waals surface area contributed by atoms with Gasteiger partial charge in [0.1, 0.15) is 11.9 Å². The van der Waals surface area contributed by atoms with Crippen LogP contribution in [0.5, 0.6) is 5.75 Å². The van der Waals surface area contributed by atoms with Crippen molar-refractivity contribution in [2.24, 2.45) is 0 Å². The molecule has 0 spiro atoms. The number of hydrogen-bond acceptors (Lipinski definition) is 5. The molecule has 2 fully saturated rings. The van der Waals surface area contributed by atoms with Crippen molar-refractivity contribution in [1.29, 1.82) is 0 Å². The van der Waals surface area contributed by atoms with Gasteiger partial charge >= 0.3 is 0 Å². The van der Waals surface area contributed by atoms with E-state index in [0.717, 1.165) is 19.3 Å². The molecule has 1 aliphatic heterocycles. The molecule has 1 saturated carbocycles. The van der Waals surface area contributed by atoms with Gasteiger partial charge in [-0.3, -0.25) is 4.79 Å². The fraction of sp³-hybridized carbons (Fsp3) is 0.650. The largest absolute Gasteiger partial charge is 0.489 e. The number of para-hydroxylation sites is 1. The standard InChI is InChI=1S/C20H30N2O5S/c1-28(25,26)22-13-9-16(10-14-22)27-18-8-4-3-7-17(18)19(23)21-15-20(24)11-5-2-6-12-20/h3-4,7-8,16,24H,2,5-6,9-15H2,1H3,(H,21,23). The Balaban J connectivity index is 1.59. The second-order valence-corrected chi connectivity index (χ2v) is 9.93. The Labute approximate surface area is 167 Å². The van der Waals surface area contributed by atoms with Gasteiger partial charge in [0.25, 0.3) is 5.91 Å². The number of hydrogen-bond donors (Lipinski definition) is 2. The summed E-state index contributed by atoms with van der Waals surface area (Å²) in [7, 11) is -3.18. The Morgan fingerprint density at radius 3 is 2.50 bits per heavy atom. The molecule has 0 bridgehead atoms. The third kappa shape index (κ3) is 5.46. The molecule has 28 heavy (non-hydrogen) atoms. The van der Waals surface area contributed by atoms with Crippen molar-refractivity contribution in [2.45, 2.75) is 56.7 Å². The predicted octanol–water partition coefficient (Wildman–Crippen LogP) is 1.91. The first-order valence-corrected chi connectivity index (χ1v) is 11.8. The number of piperidine rings is 1. The number of nitrogens with zero attached hydrogens (tertiary/aromatic N) is 1.